The summed E-state index contributed by atoms with van der Waals surface area (Å²) < 4.78 is 2.02. The van der Waals surface area contributed by atoms with Gasteiger partial charge in [-0.1, -0.05) is 11.8 Å². The fraction of sp³-hybridized carbons (Fsp3) is 0.727. The lowest BCUT2D eigenvalue weighted by Crippen LogP contribution is -2.47. The number of aliphatic hydroxyl groups excluding tert-OH is 1. The number of hydrogen-bond donors (Lipinski definition) is 2. The number of aromatic nitrogens is 3. The highest BCUT2D eigenvalue weighted by Crippen LogP contribution is 2.37. The molecule has 0 radical (unpaired) electrons. The maximum atomic E-state index is 11.7. The smallest absolute Gasteiger partial charge is 0.230 e. The van der Waals surface area contributed by atoms with Crippen LogP contribution in [0.4, 0.5) is 0 Å². The second-order valence-corrected chi connectivity index (χ2v) is 6.07. The van der Waals surface area contributed by atoms with Crippen LogP contribution in [0.3, 0.4) is 0 Å². The van der Waals surface area contributed by atoms with E-state index in [4.69, 9.17) is 5.11 Å². The predicted octanol–water partition coefficient (Wildman–Crippen LogP) is 0.592. The van der Waals surface area contributed by atoms with Gasteiger partial charge in [0.2, 0.25) is 5.91 Å². The Labute approximate surface area is 110 Å². The number of nitrogens with one attached hydrogen (secondary N) is 1. The van der Waals surface area contributed by atoms with E-state index in [1.165, 1.54) is 11.8 Å². The van der Waals surface area contributed by atoms with E-state index < -0.39 is 5.54 Å². The van der Waals surface area contributed by atoms with Crippen molar-refractivity contribution in [3.8, 4) is 0 Å². The molecule has 0 saturated heterocycles. The van der Waals surface area contributed by atoms with Crippen molar-refractivity contribution >= 4 is 17.7 Å². The van der Waals surface area contributed by atoms with Gasteiger partial charge < -0.3 is 15.0 Å². The molecule has 0 atom stereocenters. The Morgan fingerprint density at radius 3 is 3.00 bits per heavy atom. The van der Waals surface area contributed by atoms with Crippen molar-refractivity contribution in [2.24, 2.45) is 0 Å². The zero-order valence-corrected chi connectivity index (χ0v) is 11.4. The molecule has 2 N–H and O–H groups in total. The maximum absolute atomic E-state index is 11.7. The Morgan fingerprint density at radius 2 is 2.39 bits per heavy atom. The number of nitrogens with zero attached hydrogens (tertiary/aromatic N) is 3. The number of aliphatic hydroxyl groups is 1. The lowest BCUT2D eigenvalue weighted by Gasteiger charge is -2.23. The number of carbonyl (C=O) groups excluding carboxylic acids is 1. The van der Waals surface area contributed by atoms with Crippen molar-refractivity contribution in [3.63, 3.8) is 0 Å². The normalized spacial score (nSPS) is 15.7. The Bertz CT molecular complexity index is 428. The highest BCUT2D eigenvalue weighted by Gasteiger charge is 2.26. The molecule has 0 spiro atoms. The van der Waals surface area contributed by atoms with Crippen molar-refractivity contribution in [1.29, 1.82) is 0 Å². The molecule has 0 bridgehead atoms. The molecule has 1 aliphatic carbocycles. The second-order valence-electron chi connectivity index (χ2n) is 5.13. The van der Waals surface area contributed by atoms with Crippen LogP contribution in [0.2, 0.25) is 0 Å². The molecule has 0 aromatic carbocycles. The molecule has 1 fully saturated rings. The predicted molar refractivity (Wildman–Crippen MR) is 68.3 cm³/mol. The minimum Gasteiger partial charge on any atom is -0.394 e. The van der Waals surface area contributed by atoms with Crippen molar-refractivity contribution in [3.05, 3.63) is 6.33 Å². The van der Waals surface area contributed by atoms with Gasteiger partial charge in [0.15, 0.2) is 5.16 Å². The number of rotatable bonds is 6. The van der Waals surface area contributed by atoms with Gasteiger partial charge in [-0.15, -0.1) is 10.2 Å². The molecule has 6 nitrogen and oxygen atoms in total. The monoisotopic (exact) mass is 270 g/mol. The Kier molecular flexibility index (Phi) is 3.91. The van der Waals surface area contributed by atoms with Gasteiger partial charge in [0.1, 0.15) is 6.33 Å². The van der Waals surface area contributed by atoms with Gasteiger partial charge >= 0.3 is 0 Å². The molecule has 1 heterocycles. The molecule has 1 aromatic rings. The minimum atomic E-state index is -0.582. The molecule has 18 heavy (non-hydrogen) atoms. The Hall–Kier alpha value is -1.08. The third-order valence-corrected chi connectivity index (χ3v) is 3.64. The van der Waals surface area contributed by atoms with E-state index in [0.717, 1.165) is 18.0 Å². The summed E-state index contributed by atoms with van der Waals surface area (Å²) in [5.74, 6) is 0.180. The van der Waals surface area contributed by atoms with Crippen LogP contribution in [0.25, 0.3) is 0 Å². The maximum Gasteiger partial charge on any atom is 0.230 e. The van der Waals surface area contributed by atoms with E-state index in [9.17, 15) is 4.79 Å². The topological polar surface area (TPSA) is 80.0 Å². The third kappa shape index (κ3) is 3.46. The largest absolute Gasteiger partial charge is 0.394 e. The standard InChI is InChI=1S/C11H18N4O2S/c1-11(2,6-16)13-9(17)5-18-10-14-12-7-15(10)8-3-4-8/h7-8,16H,3-6H2,1-2H3,(H,13,17). The van der Waals surface area contributed by atoms with E-state index in [1.54, 1.807) is 20.2 Å². The Morgan fingerprint density at radius 1 is 1.67 bits per heavy atom. The summed E-state index contributed by atoms with van der Waals surface area (Å²) in [5.41, 5.74) is -0.582. The lowest BCUT2D eigenvalue weighted by molar-refractivity contribution is -0.120. The zero-order valence-electron chi connectivity index (χ0n) is 10.6. The average Bonchev–Trinajstić information content (AvgIpc) is 3.05. The highest BCUT2D eigenvalue weighted by molar-refractivity contribution is 7.99. The molecule has 1 saturated carbocycles. The van der Waals surface area contributed by atoms with Crippen LogP contribution in [0.1, 0.15) is 32.7 Å². The zero-order chi connectivity index (χ0) is 13.2. The summed E-state index contributed by atoms with van der Waals surface area (Å²) in [7, 11) is 0. The second kappa shape index (κ2) is 5.27. The first-order chi connectivity index (χ1) is 8.52. The average molecular weight is 270 g/mol. The first-order valence-electron chi connectivity index (χ1n) is 5.96. The molecule has 2 rings (SSSR count). The first kappa shape index (κ1) is 13.4. The van der Waals surface area contributed by atoms with E-state index in [-0.39, 0.29) is 18.3 Å². The molecule has 7 heteroatoms. The lowest BCUT2D eigenvalue weighted by atomic mass is 10.1. The van der Waals surface area contributed by atoms with Crippen molar-refractivity contribution < 1.29 is 9.90 Å². The molecule has 1 aliphatic rings. The minimum absolute atomic E-state index is 0.0817. The van der Waals surface area contributed by atoms with Crippen molar-refractivity contribution in [2.45, 2.75) is 43.4 Å². The SMILES string of the molecule is CC(C)(CO)NC(=O)CSc1nncn1C1CC1. The highest BCUT2D eigenvalue weighted by atomic mass is 32.2. The van der Waals surface area contributed by atoms with E-state index in [1.807, 2.05) is 4.57 Å². The molecule has 0 aliphatic heterocycles. The molecule has 1 aromatic heterocycles. The van der Waals surface area contributed by atoms with Crippen LogP contribution in [-0.4, -0.2) is 43.7 Å². The number of amides is 1. The van der Waals surface area contributed by atoms with Crippen LogP contribution in [0, 0.1) is 0 Å². The van der Waals surface area contributed by atoms with E-state index in [0.29, 0.717) is 6.04 Å². The summed E-state index contributed by atoms with van der Waals surface area (Å²) in [6.07, 6.45) is 4.04. The van der Waals surface area contributed by atoms with Crippen molar-refractivity contribution in [2.75, 3.05) is 12.4 Å². The molecule has 0 unspecified atom stereocenters. The van der Waals surface area contributed by atoms with Gasteiger partial charge in [0, 0.05) is 6.04 Å². The molecular formula is C11H18N4O2S. The fourth-order valence-electron chi connectivity index (χ4n) is 1.52. The molecular weight excluding hydrogens is 252 g/mol. The molecule has 1 amide bonds. The quantitative estimate of drug-likeness (QED) is 0.740. The van der Waals surface area contributed by atoms with E-state index in [2.05, 4.69) is 15.5 Å². The number of hydrogen-bond acceptors (Lipinski definition) is 5. The van der Waals surface area contributed by atoms with Gasteiger partial charge in [-0.2, -0.15) is 0 Å². The fourth-order valence-corrected chi connectivity index (χ4v) is 2.30. The summed E-state index contributed by atoms with van der Waals surface area (Å²) in [4.78, 5) is 11.7. The van der Waals surface area contributed by atoms with E-state index >= 15 is 0 Å². The van der Waals surface area contributed by atoms with Crippen molar-refractivity contribution in [1.82, 2.24) is 20.1 Å². The van der Waals surface area contributed by atoms with Gasteiger partial charge in [-0.3, -0.25) is 4.79 Å². The summed E-state index contributed by atoms with van der Waals surface area (Å²) in [6, 6.07) is 0.513. The summed E-state index contributed by atoms with van der Waals surface area (Å²) >= 11 is 1.38. The van der Waals surface area contributed by atoms with Gasteiger partial charge in [0.25, 0.3) is 0 Å². The summed E-state index contributed by atoms with van der Waals surface area (Å²) in [6.45, 7) is 3.48. The van der Waals surface area contributed by atoms with Gasteiger partial charge in [-0.05, 0) is 26.7 Å². The van der Waals surface area contributed by atoms with Crippen LogP contribution >= 0.6 is 11.8 Å². The van der Waals surface area contributed by atoms with Gasteiger partial charge in [-0.25, -0.2) is 0 Å². The van der Waals surface area contributed by atoms with Crippen LogP contribution in [0.5, 0.6) is 0 Å². The number of carbonyl (C=O) groups is 1. The third-order valence-electron chi connectivity index (χ3n) is 2.69. The number of thioether (sulfide) groups is 1. The van der Waals surface area contributed by atoms with Crippen LogP contribution in [0.15, 0.2) is 11.5 Å². The Balaban J connectivity index is 1.84. The van der Waals surface area contributed by atoms with Crippen LogP contribution in [-0.2, 0) is 4.79 Å². The van der Waals surface area contributed by atoms with Gasteiger partial charge in [0.05, 0.1) is 17.9 Å². The first-order valence-corrected chi connectivity index (χ1v) is 6.94. The summed E-state index contributed by atoms with van der Waals surface area (Å²) in [5, 5.41) is 20.5. The molecule has 100 valence electrons. The van der Waals surface area contributed by atoms with Crippen LogP contribution < -0.4 is 5.32 Å².